The number of nitrogens with one attached hydrogen (secondary N) is 1. The van der Waals surface area contributed by atoms with E-state index in [0.29, 0.717) is 19.6 Å². The summed E-state index contributed by atoms with van der Waals surface area (Å²) in [7, 11) is 0. The molecule has 1 unspecified atom stereocenters. The van der Waals surface area contributed by atoms with E-state index in [9.17, 15) is 5.11 Å². The van der Waals surface area contributed by atoms with E-state index in [2.05, 4.69) is 29.2 Å². The Morgan fingerprint density at radius 3 is 2.50 bits per heavy atom. The Balaban J connectivity index is 2.29. The molecule has 1 rings (SSSR count). The van der Waals surface area contributed by atoms with Crippen LogP contribution in [0, 0.1) is 13.8 Å². The van der Waals surface area contributed by atoms with E-state index >= 15 is 0 Å². The second-order valence-corrected chi connectivity index (χ2v) is 4.57. The Bertz CT molecular complexity index is 329. The number of aromatic nitrogens is 1. The van der Waals surface area contributed by atoms with Crippen molar-refractivity contribution in [3.63, 3.8) is 0 Å². The molecule has 0 amide bonds. The molecule has 1 heterocycles. The largest absolute Gasteiger partial charge is 0.390 e. The molecule has 1 atom stereocenters. The summed E-state index contributed by atoms with van der Waals surface area (Å²) in [5.74, 6) is 0.846. The highest BCUT2D eigenvalue weighted by atomic mass is 16.5. The van der Waals surface area contributed by atoms with Crippen molar-refractivity contribution in [3.05, 3.63) is 17.0 Å². The summed E-state index contributed by atoms with van der Waals surface area (Å²) in [6, 6.07) is 0. The molecule has 2 N–H and O–H groups in total. The van der Waals surface area contributed by atoms with Crippen molar-refractivity contribution in [2.45, 2.75) is 40.3 Å². The molecular weight excluding hydrogens is 230 g/mol. The van der Waals surface area contributed by atoms with E-state index in [1.165, 1.54) is 0 Å². The number of nitrogens with zero attached hydrogens (tertiary/aromatic N) is 2. The van der Waals surface area contributed by atoms with Gasteiger partial charge in [-0.2, -0.15) is 0 Å². The van der Waals surface area contributed by atoms with E-state index in [1.54, 1.807) is 0 Å². The van der Waals surface area contributed by atoms with Gasteiger partial charge in [0.1, 0.15) is 5.76 Å². The van der Waals surface area contributed by atoms with Gasteiger partial charge in [-0.1, -0.05) is 19.0 Å². The molecule has 18 heavy (non-hydrogen) atoms. The Morgan fingerprint density at radius 1 is 1.33 bits per heavy atom. The first kappa shape index (κ1) is 15.1. The molecular formula is C13H25N3O2. The van der Waals surface area contributed by atoms with Crippen LogP contribution in [0.2, 0.25) is 0 Å². The van der Waals surface area contributed by atoms with Gasteiger partial charge < -0.3 is 19.8 Å². The van der Waals surface area contributed by atoms with Crippen LogP contribution in [0.25, 0.3) is 0 Å². The number of hydrogen-bond donors (Lipinski definition) is 2. The molecule has 0 aliphatic heterocycles. The fourth-order valence-electron chi connectivity index (χ4n) is 1.96. The maximum Gasteiger partial charge on any atom is 0.138 e. The van der Waals surface area contributed by atoms with Crippen LogP contribution >= 0.6 is 0 Å². The summed E-state index contributed by atoms with van der Waals surface area (Å²) in [6.07, 6.45) is -0.342. The Hall–Kier alpha value is -0.910. The third kappa shape index (κ3) is 4.40. The maximum absolute atomic E-state index is 9.91. The smallest absolute Gasteiger partial charge is 0.138 e. The summed E-state index contributed by atoms with van der Waals surface area (Å²) < 4.78 is 5.09. The third-order valence-corrected chi connectivity index (χ3v) is 3.23. The number of aliphatic hydroxyl groups excluding tert-OH is 1. The average molecular weight is 255 g/mol. The molecule has 0 aliphatic carbocycles. The molecule has 0 saturated heterocycles. The second-order valence-electron chi connectivity index (χ2n) is 4.57. The van der Waals surface area contributed by atoms with Gasteiger partial charge in [0.2, 0.25) is 0 Å². The summed E-state index contributed by atoms with van der Waals surface area (Å²) in [5.41, 5.74) is 2.00. The Labute approximate surface area is 109 Å². The molecule has 0 saturated carbocycles. The minimum atomic E-state index is -0.342. The van der Waals surface area contributed by atoms with Gasteiger partial charge in [-0.15, -0.1) is 0 Å². The standard InChI is InChI=1S/C13H25N3O2/c1-5-16(6-2)9-12(17)7-14-8-13-10(3)15-18-11(13)4/h12,14,17H,5-9H2,1-4H3. The molecule has 0 spiro atoms. The topological polar surface area (TPSA) is 61.5 Å². The summed E-state index contributed by atoms with van der Waals surface area (Å²) in [4.78, 5) is 2.21. The number of rotatable bonds is 8. The molecule has 0 aromatic carbocycles. The second kappa shape index (κ2) is 7.51. The van der Waals surface area contributed by atoms with Gasteiger partial charge in [0.15, 0.2) is 0 Å². The zero-order valence-electron chi connectivity index (χ0n) is 11.9. The predicted molar refractivity (Wildman–Crippen MR) is 71.5 cm³/mol. The van der Waals surface area contributed by atoms with Crippen LogP contribution in [0.15, 0.2) is 4.52 Å². The van der Waals surface area contributed by atoms with Crippen LogP contribution < -0.4 is 5.32 Å². The monoisotopic (exact) mass is 255 g/mol. The Morgan fingerprint density at radius 2 is 2.00 bits per heavy atom. The number of aryl methyl sites for hydroxylation is 2. The average Bonchev–Trinajstić information content (AvgIpc) is 2.67. The van der Waals surface area contributed by atoms with Crippen molar-refractivity contribution < 1.29 is 9.63 Å². The van der Waals surface area contributed by atoms with E-state index in [0.717, 1.165) is 30.1 Å². The zero-order valence-corrected chi connectivity index (χ0v) is 11.9. The normalized spacial score (nSPS) is 13.2. The van der Waals surface area contributed by atoms with Crippen LogP contribution in [0.4, 0.5) is 0 Å². The molecule has 0 bridgehead atoms. The van der Waals surface area contributed by atoms with Gasteiger partial charge in [-0.3, -0.25) is 0 Å². The summed E-state index contributed by atoms with van der Waals surface area (Å²) in [6.45, 7) is 12.0. The lowest BCUT2D eigenvalue weighted by Crippen LogP contribution is -2.38. The van der Waals surface area contributed by atoms with E-state index < -0.39 is 0 Å². The van der Waals surface area contributed by atoms with Crippen LogP contribution in [0.1, 0.15) is 30.9 Å². The number of aliphatic hydroxyl groups is 1. The van der Waals surface area contributed by atoms with E-state index in [1.807, 2.05) is 13.8 Å². The number of likely N-dealkylation sites (N-methyl/N-ethyl adjacent to an activating group) is 1. The number of hydrogen-bond acceptors (Lipinski definition) is 5. The highest BCUT2D eigenvalue weighted by molar-refractivity contribution is 5.20. The quantitative estimate of drug-likeness (QED) is 0.728. The lowest BCUT2D eigenvalue weighted by Gasteiger charge is -2.22. The van der Waals surface area contributed by atoms with Crippen LogP contribution in [-0.2, 0) is 6.54 Å². The highest BCUT2D eigenvalue weighted by Gasteiger charge is 2.11. The van der Waals surface area contributed by atoms with Crippen molar-refractivity contribution >= 4 is 0 Å². The Kier molecular flexibility index (Phi) is 6.32. The molecule has 1 aromatic heterocycles. The first-order chi connectivity index (χ1) is 8.58. The van der Waals surface area contributed by atoms with Gasteiger partial charge in [0.25, 0.3) is 0 Å². The van der Waals surface area contributed by atoms with E-state index in [-0.39, 0.29) is 6.10 Å². The van der Waals surface area contributed by atoms with Gasteiger partial charge in [-0.05, 0) is 26.9 Å². The molecule has 104 valence electrons. The first-order valence-electron chi connectivity index (χ1n) is 6.61. The lowest BCUT2D eigenvalue weighted by atomic mass is 10.2. The van der Waals surface area contributed by atoms with Crippen molar-refractivity contribution in [2.24, 2.45) is 0 Å². The SMILES string of the molecule is CCN(CC)CC(O)CNCc1c(C)noc1C. The van der Waals surface area contributed by atoms with Crippen molar-refractivity contribution in [3.8, 4) is 0 Å². The molecule has 5 heteroatoms. The van der Waals surface area contributed by atoms with Gasteiger partial charge >= 0.3 is 0 Å². The fourth-order valence-corrected chi connectivity index (χ4v) is 1.96. The maximum atomic E-state index is 9.91. The van der Waals surface area contributed by atoms with Gasteiger partial charge in [0.05, 0.1) is 11.8 Å². The molecule has 1 aromatic rings. The fraction of sp³-hybridized carbons (Fsp3) is 0.769. The molecule has 0 fully saturated rings. The van der Waals surface area contributed by atoms with E-state index in [4.69, 9.17) is 4.52 Å². The molecule has 0 radical (unpaired) electrons. The van der Waals surface area contributed by atoms with Crippen LogP contribution in [0.3, 0.4) is 0 Å². The summed E-state index contributed by atoms with van der Waals surface area (Å²) >= 11 is 0. The lowest BCUT2D eigenvalue weighted by molar-refractivity contribution is 0.116. The molecule has 5 nitrogen and oxygen atoms in total. The van der Waals surface area contributed by atoms with Gasteiger partial charge in [0, 0.05) is 25.2 Å². The minimum Gasteiger partial charge on any atom is -0.390 e. The van der Waals surface area contributed by atoms with Crippen LogP contribution in [-0.4, -0.2) is 47.4 Å². The van der Waals surface area contributed by atoms with Crippen molar-refractivity contribution in [1.82, 2.24) is 15.4 Å². The predicted octanol–water partition coefficient (Wildman–Crippen LogP) is 1.08. The third-order valence-electron chi connectivity index (χ3n) is 3.23. The zero-order chi connectivity index (χ0) is 13.5. The highest BCUT2D eigenvalue weighted by Crippen LogP contribution is 2.11. The molecule has 0 aliphatic rings. The minimum absolute atomic E-state index is 0.342. The van der Waals surface area contributed by atoms with Gasteiger partial charge in [-0.25, -0.2) is 0 Å². The van der Waals surface area contributed by atoms with Crippen LogP contribution in [0.5, 0.6) is 0 Å². The first-order valence-corrected chi connectivity index (χ1v) is 6.61. The summed E-state index contributed by atoms with van der Waals surface area (Å²) in [5, 5.41) is 17.1. The van der Waals surface area contributed by atoms with Crippen molar-refractivity contribution in [2.75, 3.05) is 26.2 Å². The van der Waals surface area contributed by atoms with Crippen molar-refractivity contribution in [1.29, 1.82) is 0 Å².